The van der Waals surface area contributed by atoms with Gasteiger partial charge in [-0.05, 0) is 62.1 Å². The fraction of sp³-hybridized carbons (Fsp3) is 0.625. The molecule has 1 N–H and O–H groups in total. The lowest BCUT2D eigenvalue weighted by Crippen LogP contribution is -2.40. The molecule has 0 amide bonds. The number of nitrogens with zero attached hydrogens (tertiary/aromatic N) is 3. The van der Waals surface area contributed by atoms with Crippen molar-refractivity contribution in [3.8, 4) is 0 Å². The molecule has 2 aromatic heterocycles. The lowest BCUT2D eigenvalue weighted by molar-refractivity contribution is 0.262. The molecule has 0 saturated carbocycles. The summed E-state index contributed by atoms with van der Waals surface area (Å²) < 4.78 is 0. The Bertz CT molecular complexity index is 700. The smallest absolute Gasteiger partial charge is 0.225 e. The highest BCUT2D eigenvalue weighted by atomic mass is 35.5. The molecule has 1 saturated heterocycles. The fourth-order valence-corrected chi connectivity index (χ4v) is 5.36. The van der Waals surface area contributed by atoms with Crippen molar-refractivity contribution >= 4 is 39.0 Å². The summed E-state index contributed by atoms with van der Waals surface area (Å²) in [5.74, 6) is 1.01. The van der Waals surface area contributed by atoms with Gasteiger partial charge in [0.25, 0.3) is 0 Å². The first-order valence-corrected chi connectivity index (χ1v) is 9.32. The predicted molar refractivity (Wildman–Crippen MR) is 91.1 cm³/mol. The molecule has 1 aliphatic carbocycles. The predicted octanol–water partition coefficient (Wildman–Crippen LogP) is 3.57. The van der Waals surface area contributed by atoms with Crippen LogP contribution in [0.1, 0.15) is 42.5 Å². The van der Waals surface area contributed by atoms with Gasteiger partial charge in [-0.15, -0.1) is 11.3 Å². The van der Waals surface area contributed by atoms with Gasteiger partial charge in [0.05, 0.1) is 5.39 Å². The summed E-state index contributed by atoms with van der Waals surface area (Å²) in [5, 5.41) is 11.0. The standard InChI is InChI=1S/C16H20ClN3OS/c17-16-18-14(20-8-2-1-4-10(20)7-9-21)13-11-5-3-6-12(11)22-15(13)19-16/h10,21H,1-9H2. The first kappa shape index (κ1) is 14.7. The SMILES string of the molecule is OCCC1CCCCN1c1nc(Cl)nc2sc3c(c12)CCC3. The quantitative estimate of drug-likeness (QED) is 0.870. The first-order valence-electron chi connectivity index (χ1n) is 8.13. The van der Waals surface area contributed by atoms with Crippen molar-refractivity contribution in [2.45, 2.75) is 51.0 Å². The van der Waals surface area contributed by atoms with Crippen LogP contribution in [-0.4, -0.2) is 34.3 Å². The van der Waals surface area contributed by atoms with Crippen molar-refractivity contribution in [3.05, 3.63) is 15.7 Å². The number of aromatic nitrogens is 2. The Balaban J connectivity index is 1.85. The first-order chi connectivity index (χ1) is 10.8. The highest BCUT2D eigenvalue weighted by Gasteiger charge is 2.29. The van der Waals surface area contributed by atoms with Crippen LogP contribution in [0.15, 0.2) is 0 Å². The average molecular weight is 338 g/mol. The lowest BCUT2D eigenvalue weighted by Gasteiger charge is -2.37. The van der Waals surface area contributed by atoms with E-state index in [-0.39, 0.29) is 6.61 Å². The van der Waals surface area contributed by atoms with E-state index < -0.39 is 0 Å². The van der Waals surface area contributed by atoms with Crippen LogP contribution >= 0.6 is 22.9 Å². The number of aryl methyl sites for hydroxylation is 2. The Kier molecular flexibility index (Phi) is 3.96. The van der Waals surface area contributed by atoms with Gasteiger partial charge >= 0.3 is 0 Å². The van der Waals surface area contributed by atoms with Crippen molar-refractivity contribution < 1.29 is 5.11 Å². The van der Waals surface area contributed by atoms with E-state index >= 15 is 0 Å². The van der Waals surface area contributed by atoms with Crippen LogP contribution in [0.4, 0.5) is 5.82 Å². The van der Waals surface area contributed by atoms with Crippen molar-refractivity contribution in [2.24, 2.45) is 0 Å². The molecular weight excluding hydrogens is 318 g/mol. The molecule has 1 aliphatic heterocycles. The Hall–Kier alpha value is -0.910. The number of aliphatic hydroxyl groups is 1. The van der Waals surface area contributed by atoms with Crippen LogP contribution in [0.3, 0.4) is 0 Å². The van der Waals surface area contributed by atoms with Crippen LogP contribution in [0.25, 0.3) is 10.2 Å². The number of hydrogen-bond acceptors (Lipinski definition) is 5. The van der Waals surface area contributed by atoms with Gasteiger partial charge in [-0.3, -0.25) is 0 Å². The van der Waals surface area contributed by atoms with E-state index in [9.17, 15) is 5.11 Å². The van der Waals surface area contributed by atoms with Crippen molar-refractivity contribution in [3.63, 3.8) is 0 Å². The molecule has 4 rings (SSSR count). The van der Waals surface area contributed by atoms with E-state index in [4.69, 9.17) is 11.6 Å². The zero-order chi connectivity index (χ0) is 15.1. The summed E-state index contributed by atoms with van der Waals surface area (Å²) in [7, 11) is 0. The van der Waals surface area contributed by atoms with Gasteiger partial charge in [0.15, 0.2) is 0 Å². The number of hydrogen-bond donors (Lipinski definition) is 1. The molecule has 3 heterocycles. The molecule has 4 nitrogen and oxygen atoms in total. The average Bonchev–Trinajstić information content (AvgIpc) is 3.07. The third kappa shape index (κ3) is 2.39. The van der Waals surface area contributed by atoms with E-state index in [1.54, 1.807) is 11.3 Å². The van der Waals surface area contributed by atoms with Crippen LogP contribution in [0.5, 0.6) is 0 Å². The Morgan fingerprint density at radius 2 is 2.14 bits per heavy atom. The second kappa shape index (κ2) is 5.95. The maximum atomic E-state index is 9.38. The Morgan fingerprint density at radius 3 is 3.00 bits per heavy atom. The largest absolute Gasteiger partial charge is 0.396 e. The van der Waals surface area contributed by atoms with Gasteiger partial charge in [0.2, 0.25) is 5.28 Å². The summed E-state index contributed by atoms with van der Waals surface area (Å²) in [6.45, 7) is 1.22. The van der Waals surface area contributed by atoms with E-state index in [0.29, 0.717) is 11.3 Å². The summed E-state index contributed by atoms with van der Waals surface area (Å²) in [6, 6.07) is 0.366. The molecule has 0 spiro atoms. The van der Waals surface area contributed by atoms with Crippen molar-refractivity contribution in [2.75, 3.05) is 18.1 Å². The van der Waals surface area contributed by atoms with Crippen LogP contribution in [-0.2, 0) is 12.8 Å². The maximum Gasteiger partial charge on any atom is 0.225 e. The molecule has 1 fully saturated rings. The number of aliphatic hydroxyl groups excluding tert-OH is 1. The molecule has 22 heavy (non-hydrogen) atoms. The second-order valence-electron chi connectivity index (χ2n) is 6.21. The maximum absolute atomic E-state index is 9.38. The molecular formula is C16H20ClN3OS. The van der Waals surface area contributed by atoms with Crippen molar-refractivity contribution in [1.82, 2.24) is 9.97 Å². The van der Waals surface area contributed by atoms with E-state index in [0.717, 1.165) is 42.9 Å². The van der Waals surface area contributed by atoms with Crippen molar-refractivity contribution in [1.29, 1.82) is 0 Å². The van der Waals surface area contributed by atoms with Crippen LogP contribution in [0.2, 0.25) is 5.28 Å². The van der Waals surface area contributed by atoms with E-state index in [1.165, 1.54) is 35.1 Å². The number of halogens is 1. The summed E-state index contributed by atoms with van der Waals surface area (Å²) >= 11 is 7.98. The normalized spacial score (nSPS) is 21.5. The minimum absolute atomic E-state index is 0.227. The fourth-order valence-electron chi connectivity index (χ4n) is 3.89. The number of fused-ring (bicyclic) bond motifs is 3. The van der Waals surface area contributed by atoms with Crippen LogP contribution < -0.4 is 4.90 Å². The highest BCUT2D eigenvalue weighted by molar-refractivity contribution is 7.19. The molecule has 2 aliphatic rings. The molecule has 0 bridgehead atoms. The molecule has 1 unspecified atom stereocenters. The number of rotatable bonds is 3. The molecule has 6 heteroatoms. The highest BCUT2D eigenvalue weighted by Crippen LogP contribution is 2.42. The molecule has 1 atom stereocenters. The van der Waals surface area contributed by atoms with Gasteiger partial charge < -0.3 is 10.0 Å². The number of thiophene rings is 1. The summed E-state index contributed by atoms with van der Waals surface area (Å²) in [4.78, 5) is 13.9. The number of piperidine rings is 1. The molecule has 0 aromatic carbocycles. The Morgan fingerprint density at radius 1 is 1.23 bits per heavy atom. The van der Waals surface area contributed by atoms with Gasteiger partial charge in [-0.2, -0.15) is 4.98 Å². The summed E-state index contributed by atoms with van der Waals surface area (Å²) in [5.41, 5.74) is 1.44. The van der Waals surface area contributed by atoms with Gasteiger partial charge in [-0.25, -0.2) is 4.98 Å². The van der Waals surface area contributed by atoms with E-state index in [2.05, 4.69) is 14.9 Å². The minimum Gasteiger partial charge on any atom is -0.396 e. The summed E-state index contributed by atoms with van der Waals surface area (Å²) in [6.07, 6.45) is 7.85. The molecule has 2 aromatic rings. The second-order valence-corrected chi connectivity index (χ2v) is 7.63. The van der Waals surface area contributed by atoms with Crippen LogP contribution in [0, 0.1) is 0 Å². The topological polar surface area (TPSA) is 49.2 Å². The van der Waals surface area contributed by atoms with E-state index in [1.807, 2.05) is 0 Å². The number of anilines is 1. The lowest BCUT2D eigenvalue weighted by atomic mass is 9.99. The minimum atomic E-state index is 0.227. The third-order valence-electron chi connectivity index (χ3n) is 4.88. The Labute approximate surface area is 139 Å². The zero-order valence-electron chi connectivity index (χ0n) is 12.5. The van der Waals surface area contributed by atoms with Gasteiger partial charge in [0.1, 0.15) is 10.6 Å². The van der Waals surface area contributed by atoms with Gasteiger partial charge in [-0.1, -0.05) is 0 Å². The molecule has 118 valence electrons. The molecule has 0 radical (unpaired) electrons. The van der Waals surface area contributed by atoms with Gasteiger partial charge in [0, 0.05) is 24.1 Å². The monoisotopic (exact) mass is 337 g/mol. The zero-order valence-corrected chi connectivity index (χ0v) is 14.1. The third-order valence-corrected chi connectivity index (χ3v) is 6.23.